The molecular weight excluding hydrogens is 281 g/mol. The molecule has 1 aromatic rings. The van der Waals surface area contributed by atoms with Crippen molar-refractivity contribution in [1.29, 1.82) is 0 Å². The number of nitro benzene ring substituents is 1. The molecule has 2 aliphatic rings. The molecule has 3 rings (SSSR count). The van der Waals surface area contributed by atoms with Gasteiger partial charge < -0.3 is 15.8 Å². The molecular formula is C13H14FN3O4. The van der Waals surface area contributed by atoms with E-state index in [-0.39, 0.29) is 29.5 Å². The van der Waals surface area contributed by atoms with Gasteiger partial charge in [0, 0.05) is 0 Å². The first kappa shape index (κ1) is 13.7. The molecule has 2 heterocycles. The van der Waals surface area contributed by atoms with Crippen LogP contribution in [0.4, 0.5) is 15.8 Å². The average molecular weight is 295 g/mol. The van der Waals surface area contributed by atoms with E-state index >= 15 is 0 Å². The second-order valence-electron chi connectivity index (χ2n) is 5.34. The zero-order valence-electron chi connectivity index (χ0n) is 11.0. The molecule has 1 aromatic carbocycles. The summed E-state index contributed by atoms with van der Waals surface area (Å²) in [4.78, 5) is 22.4. The van der Waals surface area contributed by atoms with E-state index in [0.29, 0.717) is 12.5 Å². The molecule has 0 spiro atoms. The van der Waals surface area contributed by atoms with Gasteiger partial charge in [0.25, 0.3) is 11.6 Å². The fourth-order valence-electron chi connectivity index (χ4n) is 2.95. The SMILES string of the molecule is Nc1cc(C(=O)NC2CC3CCC2O3)c([N+](=O)[O-])cc1F. The van der Waals surface area contributed by atoms with E-state index in [4.69, 9.17) is 10.5 Å². The number of nitrogens with two attached hydrogens (primary N) is 1. The molecule has 7 nitrogen and oxygen atoms in total. The van der Waals surface area contributed by atoms with Crippen LogP contribution >= 0.6 is 0 Å². The number of ether oxygens (including phenoxy) is 1. The lowest BCUT2D eigenvalue weighted by molar-refractivity contribution is -0.385. The van der Waals surface area contributed by atoms with Gasteiger partial charge in [-0.15, -0.1) is 0 Å². The van der Waals surface area contributed by atoms with Crippen molar-refractivity contribution in [3.63, 3.8) is 0 Å². The molecule has 3 N–H and O–H groups in total. The summed E-state index contributed by atoms with van der Waals surface area (Å²) in [7, 11) is 0. The van der Waals surface area contributed by atoms with Crippen LogP contribution in [0.15, 0.2) is 12.1 Å². The number of carbonyl (C=O) groups is 1. The summed E-state index contributed by atoms with van der Waals surface area (Å²) >= 11 is 0. The lowest BCUT2D eigenvalue weighted by Crippen LogP contribution is -2.41. The first-order valence-corrected chi connectivity index (χ1v) is 6.65. The quantitative estimate of drug-likeness (QED) is 0.497. The largest absolute Gasteiger partial charge is 0.396 e. The second-order valence-corrected chi connectivity index (χ2v) is 5.34. The maximum absolute atomic E-state index is 13.3. The van der Waals surface area contributed by atoms with E-state index in [2.05, 4.69) is 5.32 Å². The number of fused-ring (bicyclic) bond motifs is 2. The van der Waals surface area contributed by atoms with Gasteiger partial charge in [0.05, 0.1) is 34.9 Å². The lowest BCUT2D eigenvalue weighted by atomic mass is 9.95. The third-order valence-corrected chi connectivity index (χ3v) is 3.98. The highest BCUT2D eigenvalue weighted by Crippen LogP contribution is 2.34. The number of hydrogen-bond donors (Lipinski definition) is 2. The number of nitrogens with one attached hydrogen (secondary N) is 1. The van der Waals surface area contributed by atoms with Crippen molar-refractivity contribution >= 4 is 17.3 Å². The Bertz CT molecular complexity index is 622. The predicted molar refractivity (Wildman–Crippen MR) is 71.2 cm³/mol. The van der Waals surface area contributed by atoms with Crippen LogP contribution in [0.3, 0.4) is 0 Å². The number of rotatable bonds is 3. The Morgan fingerprint density at radius 3 is 2.81 bits per heavy atom. The Balaban J connectivity index is 1.84. The predicted octanol–water partition coefficient (Wildman–Crippen LogP) is 1.37. The Kier molecular flexibility index (Phi) is 3.25. The van der Waals surface area contributed by atoms with Crippen molar-refractivity contribution in [2.75, 3.05) is 5.73 Å². The summed E-state index contributed by atoms with van der Waals surface area (Å²) in [5.41, 5.74) is 4.27. The van der Waals surface area contributed by atoms with E-state index in [0.717, 1.165) is 18.9 Å². The van der Waals surface area contributed by atoms with Crippen molar-refractivity contribution < 1.29 is 18.8 Å². The zero-order chi connectivity index (χ0) is 15.1. The summed E-state index contributed by atoms with van der Waals surface area (Å²) in [6, 6.07) is 1.50. The van der Waals surface area contributed by atoms with Gasteiger partial charge in [0.15, 0.2) is 5.82 Å². The Labute approximate surface area is 119 Å². The van der Waals surface area contributed by atoms with Gasteiger partial charge in [0.1, 0.15) is 5.56 Å². The van der Waals surface area contributed by atoms with Gasteiger partial charge in [0.2, 0.25) is 0 Å². The number of carbonyl (C=O) groups excluding carboxylic acids is 1. The standard InChI is InChI=1S/C13H14FN3O4/c14-8-5-11(17(19)20)7(4-9(8)15)13(18)16-10-3-6-1-2-12(10)21-6/h4-6,10,12H,1-3,15H2,(H,16,18). The highest BCUT2D eigenvalue weighted by Gasteiger charge is 2.42. The molecule has 0 aliphatic carbocycles. The van der Waals surface area contributed by atoms with E-state index in [9.17, 15) is 19.3 Å². The van der Waals surface area contributed by atoms with Crippen molar-refractivity contribution in [2.24, 2.45) is 0 Å². The van der Waals surface area contributed by atoms with Crippen LogP contribution in [0, 0.1) is 15.9 Å². The smallest absolute Gasteiger partial charge is 0.285 e. The maximum atomic E-state index is 13.3. The number of anilines is 1. The molecule has 2 fully saturated rings. The summed E-state index contributed by atoms with van der Waals surface area (Å²) in [6.45, 7) is 0. The number of benzene rings is 1. The van der Waals surface area contributed by atoms with Gasteiger partial charge in [-0.2, -0.15) is 0 Å². The van der Waals surface area contributed by atoms with Crippen LogP contribution in [0.25, 0.3) is 0 Å². The van der Waals surface area contributed by atoms with Crippen molar-refractivity contribution in [1.82, 2.24) is 5.32 Å². The Morgan fingerprint density at radius 2 is 2.24 bits per heavy atom. The van der Waals surface area contributed by atoms with Crippen LogP contribution in [-0.4, -0.2) is 29.1 Å². The average Bonchev–Trinajstić information content (AvgIpc) is 3.03. The molecule has 2 aliphatic heterocycles. The van der Waals surface area contributed by atoms with Crippen LogP contribution in [-0.2, 0) is 4.74 Å². The molecule has 1 amide bonds. The molecule has 112 valence electrons. The van der Waals surface area contributed by atoms with Crippen LogP contribution in [0.2, 0.25) is 0 Å². The first-order chi connectivity index (χ1) is 9.95. The zero-order valence-corrected chi connectivity index (χ0v) is 11.0. The van der Waals surface area contributed by atoms with E-state index < -0.39 is 22.3 Å². The molecule has 0 radical (unpaired) electrons. The normalized spacial score (nSPS) is 26.8. The fourth-order valence-corrected chi connectivity index (χ4v) is 2.95. The minimum Gasteiger partial charge on any atom is -0.396 e. The summed E-state index contributed by atoms with van der Waals surface area (Å²) in [5, 5.41) is 13.7. The first-order valence-electron chi connectivity index (χ1n) is 6.65. The summed E-state index contributed by atoms with van der Waals surface area (Å²) < 4.78 is 18.9. The lowest BCUT2D eigenvalue weighted by Gasteiger charge is -2.20. The topological polar surface area (TPSA) is 107 Å². The minimum atomic E-state index is -0.915. The molecule has 3 atom stereocenters. The minimum absolute atomic E-state index is 0.0456. The van der Waals surface area contributed by atoms with Crippen LogP contribution < -0.4 is 11.1 Å². The van der Waals surface area contributed by atoms with Gasteiger partial charge in [-0.3, -0.25) is 14.9 Å². The molecule has 2 bridgehead atoms. The molecule has 3 unspecified atom stereocenters. The third-order valence-electron chi connectivity index (χ3n) is 3.98. The van der Waals surface area contributed by atoms with E-state index in [1.165, 1.54) is 0 Å². The highest BCUT2D eigenvalue weighted by molar-refractivity contribution is 5.99. The molecule has 0 aromatic heterocycles. The van der Waals surface area contributed by atoms with Crippen LogP contribution in [0.1, 0.15) is 29.6 Å². The molecule has 0 saturated carbocycles. The molecule has 21 heavy (non-hydrogen) atoms. The number of amides is 1. The number of nitro groups is 1. The third kappa shape index (κ3) is 2.42. The second kappa shape index (κ2) is 4.96. The Morgan fingerprint density at radius 1 is 1.48 bits per heavy atom. The van der Waals surface area contributed by atoms with Gasteiger partial charge in [-0.05, 0) is 25.3 Å². The van der Waals surface area contributed by atoms with Gasteiger partial charge >= 0.3 is 0 Å². The number of nitrogen functional groups attached to an aromatic ring is 1. The maximum Gasteiger partial charge on any atom is 0.285 e. The summed E-state index contributed by atoms with van der Waals surface area (Å²) in [6.07, 6.45) is 2.63. The van der Waals surface area contributed by atoms with Gasteiger partial charge in [-0.25, -0.2) is 4.39 Å². The fraction of sp³-hybridized carbons (Fsp3) is 0.462. The van der Waals surface area contributed by atoms with Crippen molar-refractivity contribution in [3.8, 4) is 0 Å². The molecule has 2 saturated heterocycles. The van der Waals surface area contributed by atoms with Crippen molar-refractivity contribution in [3.05, 3.63) is 33.6 Å². The van der Waals surface area contributed by atoms with Crippen molar-refractivity contribution in [2.45, 2.75) is 37.5 Å². The number of nitrogens with zero attached hydrogens (tertiary/aromatic N) is 1. The molecule has 8 heteroatoms. The van der Waals surface area contributed by atoms with Crippen LogP contribution in [0.5, 0.6) is 0 Å². The highest BCUT2D eigenvalue weighted by atomic mass is 19.1. The van der Waals surface area contributed by atoms with E-state index in [1.807, 2.05) is 0 Å². The Hall–Kier alpha value is -2.22. The van der Waals surface area contributed by atoms with Gasteiger partial charge in [-0.1, -0.05) is 0 Å². The number of halogens is 1. The number of hydrogen-bond acceptors (Lipinski definition) is 5. The summed E-state index contributed by atoms with van der Waals surface area (Å²) in [5.74, 6) is -1.55. The monoisotopic (exact) mass is 295 g/mol. The van der Waals surface area contributed by atoms with E-state index in [1.54, 1.807) is 0 Å².